The summed E-state index contributed by atoms with van der Waals surface area (Å²) in [6.45, 7) is 11.9. The van der Waals surface area contributed by atoms with E-state index in [1.165, 1.54) is 6.42 Å². The number of fused-ring (bicyclic) bond motifs is 1. The summed E-state index contributed by atoms with van der Waals surface area (Å²) in [5.41, 5.74) is 1.23. The molecule has 4 fully saturated rings. The molecule has 172 valence electrons. The van der Waals surface area contributed by atoms with E-state index < -0.39 is 18.9 Å². The minimum absolute atomic E-state index is 0.0635. The van der Waals surface area contributed by atoms with Crippen molar-refractivity contribution >= 4 is 18.9 Å². The molecule has 0 spiro atoms. The number of hydrogen-bond donors (Lipinski definition) is 0. The summed E-state index contributed by atoms with van der Waals surface area (Å²) in [5.74, 6) is 0.171. The first kappa shape index (κ1) is 22.0. The molecule has 1 saturated heterocycles. The lowest BCUT2D eigenvalue weighted by molar-refractivity contribution is -0.199. The standard InChI is InChI=1S/C25H33BO6/c1-14(27)10-17(11-15-8-7-9-18-21(15)29-24(4,5)30-22(18)28)26-31-20-13-16-12-19(23(16,2)3)25(20,6)32-26/h7-9,16-17,19-20H,10-13H2,1-6H3/t16-,17?,19-,20?,25-/m0/s1. The third kappa shape index (κ3) is 3.31. The minimum atomic E-state index is -1.04. The SMILES string of the molecule is CC(=O)CC(Cc1cccc2c1OC(C)(C)OC2=O)B1OC2C[C@@H]3C[C@@H](C3(C)C)[C@]2(C)O1. The van der Waals surface area contributed by atoms with Crippen molar-refractivity contribution in [1.82, 2.24) is 0 Å². The van der Waals surface area contributed by atoms with Gasteiger partial charge in [0.05, 0.1) is 11.7 Å². The van der Waals surface area contributed by atoms with Crippen LogP contribution in [0.3, 0.4) is 0 Å². The van der Waals surface area contributed by atoms with E-state index in [9.17, 15) is 9.59 Å². The summed E-state index contributed by atoms with van der Waals surface area (Å²) in [6.07, 6.45) is 3.13. The molecule has 2 unspecified atom stereocenters. The van der Waals surface area contributed by atoms with Gasteiger partial charge in [-0.05, 0) is 62.0 Å². The molecule has 2 heterocycles. The molecule has 0 radical (unpaired) electrons. The number of Topliss-reactive ketones (excluding diaryl/α,β-unsaturated/α-hetero) is 1. The number of esters is 1. The second-order valence-electron chi connectivity index (χ2n) is 11.4. The Hall–Kier alpha value is -1.86. The fourth-order valence-corrected chi connectivity index (χ4v) is 6.59. The number of ketones is 1. The van der Waals surface area contributed by atoms with Gasteiger partial charge in [-0.1, -0.05) is 26.0 Å². The Morgan fingerprint density at radius 2 is 1.91 bits per heavy atom. The molecule has 3 aliphatic carbocycles. The zero-order valence-electron chi connectivity index (χ0n) is 19.9. The smallest absolute Gasteiger partial charge is 0.452 e. The van der Waals surface area contributed by atoms with Crippen molar-refractivity contribution in [1.29, 1.82) is 0 Å². The van der Waals surface area contributed by atoms with Gasteiger partial charge >= 0.3 is 13.1 Å². The van der Waals surface area contributed by atoms with Crippen LogP contribution >= 0.6 is 0 Å². The topological polar surface area (TPSA) is 71.1 Å². The van der Waals surface area contributed by atoms with Crippen LogP contribution in [0.25, 0.3) is 0 Å². The van der Waals surface area contributed by atoms with Gasteiger partial charge in [0.2, 0.25) is 5.79 Å². The zero-order chi connectivity index (χ0) is 23.1. The van der Waals surface area contributed by atoms with E-state index in [-0.39, 0.29) is 28.7 Å². The molecular weight excluding hydrogens is 407 g/mol. The maximum atomic E-state index is 12.5. The molecule has 3 saturated carbocycles. The molecule has 0 amide bonds. The lowest BCUT2D eigenvalue weighted by atomic mass is 9.43. The average molecular weight is 440 g/mol. The first-order valence-corrected chi connectivity index (χ1v) is 11.8. The molecule has 6 nitrogen and oxygen atoms in total. The summed E-state index contributed by atoms with van der Waals surface area (Å²) < 4.78 is 24.6. The van der Waals surface area contributed by atoms with E-state index >= 15 is 0 Å². The maximum absolute atomic E-state index is 12.5. The van der Waals surface area contributed by atoms with Gasteiger partial charge in [-0.25, -0.2) is 4.79 Å². The number of benzene rings is 1. The molecule has 5 aliphatic rings. The highest BCUT2D eigenvalue weighted by Crippen LogP contribution is 2.66. The van der Waals surface area contributed by atoms with Crippen molar-refractivity contribution in [2.75, 3.05) is 0 Å². The number of carbonyl (C=O) groups is 2. The first-order chi connectivity index (χ1) is 14.9. The molecular formula is C25H33BO6. The van der Waals surface area contributed by atoms with Crippen molar-refractivity contribution in [3.05, 3.63) is 29.3 Å². The van der Waals surface area contributed by atoms with Crippen LogP contribution in [0.4, 0.5) is 0 Å². The average Bonchev–Trinajstić information content (AvgIpc) is 3.04. The van der Waals surface area contributed by atoms with E-state index in [4.69, 9.17) is 18.8 Å². The van der Waals surface area contributed by atoms with Gasteiger partial charge in [-0.3, -0.25) is 0 Å². The van der Waals surface area contributed by atoms with Gasteiger partial charge in [0.15, 0.2) is 0 Å². The molecule has 32 heavy (non-hydrogen) atoms. The number of cyclic esters (lactones) is 1. The van der Waals surface area contributed by atoms with E-state index in [2.05, 4.69) is 20.8 Å². The Labute approximate surface area is 190 Å². The van der Waals surface area contributed by atoms with Crippen LogP contribution < -0.4 is 4.74 Å². The van der Waals surface area contributed by atoms with Gasteiger partial charge in [-0.2, -0.15) is 0 Å². The van der Waals surface area contributed by atoms with Crippen molar-refractivity contribution < 1.29 is 28.4 Å². The van der Waals surface area contributed by atoms with Crippen molar-refractivity contribution in [2.45, 2.75) is 90.5 Å². The van der Waals surface area contributed by atoms with Crippen LogP contribution in [0.2, 0.25) is 5.82 Å². The Kier molecular flexibility index (Phi) is 4.85. The number of para-hydroxylation sites is 1. The van der Waals surface area contributed by atoms with Gasteiger partial charge in [0.1, 0.15) is 17.1 Å². The predicted octanol–water partition coefficient (Wildman–Crippen LogP) is 4.59. The lowest BCUT2D eigenvalue weighted by Crippen LogP contribution is -2.65. The van der Waals surface area contributed by atoms with Crippen LogP contribution in [0.1, 0.15) is 76.7 Å². The monoisotopic (exact) mass is 440 g/mol. The zero-order valence-corrected chi connectivity index (χ0v) is 19.9. The molecule has 5 atom stereocenters. The van der Waals surface area contributed by atoms with Crippen molar-refractivity contribution in [3.63, 3.8) is 0 Å². The van der Waals surface area contributed by atoms with Gasteiger partial charge in [-0.15, -0.1) is 0 Å². The second-order valence-corrected chi connectivity index (χ2v) is 11.4. The quantitative estimate of drug-likeness (QED) is 0.493. The van der Waals surface area contributed by atoms with Crippen LogP contribution in [0, 0.1) is 17.3 Å². The summed E-state index contributed by atoms with van der Waals surface area (Å²) in [6, 6.07) is 5.49. The third-order valence-electron chi connectivity index (χ3n) is 8.39. The number of hydrogen-bond acceptors (Lipinski definition) is 6. The van der Waals surface area contributed by atoms with Gasteiger partial charge in [0, 0.05) is 26.1 Å². The Balaban J connectivity index is 1.43. The van der Waals surface area contributed by atoms with E-state index in [0.717, 1.165) is 12.0 Å². The minimum Gasteiger partial charge on any atom is -0.452 e. The van der Waals surface area contributed by atoms with Crippen LogP contribution in [0.5, 0.6) is 5.75 Å². The van der Waals surface area contributed by atoms with Gasteiger partial charge in [0.25, 0.3) is 0 Å². The molecule has 0 N–H and O–H groups in total. The molecule has 2 aliphatic heterocycles. The largest absolute Gasteiger partial charge is 0.461 e. The Bertz CT molecular complexity index is 971. The predicted molar refractivity (Wildman–Crippen MR) is 119 cm³/mol. The molecule has 1 aromatic rings. The molecule has 7 heteroatoms. The third-order valence-corrected chi connectivity index (χ3v) is 8.39. The molecule has 0 aromatic heterocycles. The number of rotatable bonds is 5. The normalized spacial score (nSPS) is 34.5. The number of carbonyl (C=O) groups excluding carboxylic acids is 2. The second kappa shape index (κ2) is 7.07. The van der Waals surface area contributed by atoms with Crippen LogP contribution in [-0.2, 0) is 25.3 Å². The van der Waals surface area contributed by atoms with Crippen LogP contribution in [0.15, 0.2) is 18.2 Å². The summed E-state index contributed by atoms with van der Waals surface area (Å²) in [4.78, 5) is 24.7. The highest BCUT2D eigenvalue weighted by molar-refractivity contribution is 6.47. The van der Waals surface area contributed by atoms with E-state index in [1.807, 2.05) is 12.1 Å². The lowest BCUT2D eigenvalue weighted by Gasteiger charge is -2.64. The Morgan fingerprint density at radius 3 is 2.59 bits per heavy atom. The summed E-state index contributed by atoms with van der Waals surface area (Å²) in [7, 11) is -0.455. The van der Waals surface area contributed by atoms with Crippen molar-refractivity contribution in [3.8, 4) is 5.75 Å². The van der Waals surface area contributed by atoms with Crippen molar-refractivity contribution in [2.24, 2.45) is 17.3 Å². The van der Waals surface area contributed by atoms with E-state index in [1.54, 1.807) is 26.8 Å². The van der Waals surface area contributed by atoms with Crippen LogP contribution in [-0.4, -0.2) is 36.4 Å². The molecule has 6 rings (SSSR count). The fourth-order valence-electron chi connectivity index (χ4n) is 6.59. The Morgan fingerprint density at radius 1 is 1.16 bits per heavy atom. The number of ether oxygens (including phenoxy) is 2. The summed E-state index contributed by atoms with van der Waals surface area (Å²) >= 11 is 0. The first-order valence-electron chi connectivity index (χ1n) is 11.8. The maximum Gasteiger partial charge on any atom is 0.461 e. The fraction of sp³-hybridized carbons (Fsp3) is 0.680. The summed E-state index contributed by atoms with van der Waals surface area (Å²) in [5, 5.41) is 0. The van der Waals surface area contributed by atoms with E-state index in [0.29, 0.717) is 36.0 Å². The molecule has 2 bridgehead atoms. The molecule has 1 aromatic carbocycles. The highest BCUT2D eigenvalue weighted by Gasteiger charge is 2.68. The van der Waals surface area contributed by atoms with Gasteiger partial charge < -0.3 is 23.6 Å². The highest BCUT2D eigenvalue weighted by atomic mass is 16.7.